The second-order valence-electron chi connectivity index (χ2n) is 5.33. The highest BCUT2D eigenvalue weighted by molar-refractivity contribution is 8.00. The Kier molecular flexibility index (Phi) is 5.66. The number of carbonyl (C=O) groups excluding carboxylic acids is 2. The lowest BCUT2D eigenvalue weighted by molar-refractivity contribution is -0.645. The van der Waals surface area contributed by atoms with Crippen molar-refractivity contribution in [1.82, 2.24) is 4.98 Å². The molecule has 2 rings (SSSR count). The highest BCUT2D eigenvalue weighted by atomic mass is 32.2. The summed E-state index contributed by atoms with van der Waals surface area (Å²) in [5, 5.41) is 11.7. The predicted octanol–water partition coefficient (Wildman–Crippen LogP) is 2.81. The van der Waals surface area contributed by atoms with E-state index < -0.39 is 11.2 Å². The molecule has 7 heteroatoms. The summed E-state index contributed by atoms with van der Waals surface area (Å²) >= 11 is 1.18. The number of thioether (sulfide) groups is 1. The van der Waals surface area contributed by atoms with Gasteiger partial charge in [-0.3, -0.25) is 4.79 Å². The van der Waals surface area contributed by atoms with Crippen LogP contribution in [0, 0.1) is 19.1 Å². The Hall–Kier alpha value is -2.28. The maximum Gasteiger partial charge on any atom is 0.340 e. The first-order valence-electron chi connectivity index (χ1n) is 7.62. The molecule has 0 unspecified atom stereocenters. The number of aromatic amines is 1. The number of Topliss-reactive ketones (excluding diaryl/α,β-unsaturated/α-hetero) is 1. The molecular formula is C17H20N2O4S. The summed E-state index contributed by atoms with van der Waals surface area (Å²) in [6.45, 7) is 7.20. The van der Waals surface area contributed by atoms with Crippen molar-refractivity contribution in [1.29, 1.82) is 0 Å². The molecule has 1 N–H and O–H groups in total. The van der Waals surface area contributed by atoms with Crippen molar-refractivity contribution in [3.8, 4) is 0 Å². The molecule has 24 heavy (non-hydrogen) atoms. The number of H-pyrrole nitrogens is 1. The number of hydrogen-bond acceptors (Lipinski definition) is 5. The molecule has 0 aliphatic heterocycles. The number of rotatable bonds is 6. The number of aromatic nitrogens is 2. The third kappa shape index (κ3) is 3.62. The van der Waals surface area contributed by atoms with E-state index in [1.807, 2.05) is 0 Å². The van der Waals surface area contributed by atoms with E-state index in [0.29, 0.717) is 27.5 Å². The molecule has 0 saturated carbocycles. The monoisotopic (exact) mass is 348 g/mol. The zero-order chi connectivity index (χ0) is 17.9. The van der Waals surface area contributed by atoms with Crippen molar-refractivity contribution < 1.29 is 19.1 Å². The zero-order valence-corrected chi connectivity index (χ0v) is 14.9. The van der Waals surface area contributed by atoms with Crippen LogP contribution in [-0.4, -0.2) is 28.6 Å². The van der Waals surface area contributed by atoms with Gasteiger partial charge in [-0.15, -0.1) is 0 Å². The third-order valence-corrected chi connectivity index (χ3v) is 4.74. The SMILES string of the molecule is CCOC(=O)c1c(C)[nH]c(C(=O)[C@@H](C)Sc2cccc[n+]2[O-])c1C. The molecule has 0 bridgehead atoms. The van der Waals surface area contributed by atoms with E-state index in [0.717, 1.165) is 4.73 Å². The Bertz CT molecular complexity index is 770. The van der Waals surface area contributed by atoms with E-state index in [4.69, 9.17) is 4.74 Å². The van der Waals surface area contributed by atoms with Crippen LogP contribution in [0.15, 0.2) is 29.4 Å². The molecule has 2 aromatic rings. The average Bonchev–Trinajstić information content (AvgIpc) is 2.83. The second kappa shape index (κ2) is 7.53. The van der Waals surface area contributed by atoms with Gasteiger partial charge in [0.2, 0.25) is 0 Å². The van der Waals surface area contributed by atoms with E-state index in [1.165, 1.54) is 18.0 Å². The molecule has 1 atom stereocenters. The van der Waals surface area contributed by atoms with Crippen molar-refractivity contribution in [2.24, 2.45) is 0 Å². The van der Waals surface area contributed by atoms with Crippen molar-refractivity contribution in [2.75, 3.05) is 6.61 Å². The van der Waals surface area contributed by atoms with Crippen molar-refractivity contribution in [2.45, 2.75) is 38.0 Å². The van der Waals surface area contributed by atoms with Gasteiger partial charge in [-0.2, -0.15) is 4.73 Å². The first-order valence-corrected chi connectivity index (χ1v) is 8.50. The van der Waals surface area contributed by atoms with Gasteiger partial charge in [0.1, 0.15) is 0 Å². The van der Waals surface area contributed by atoms with Crippen LogP contribution >= 0.6 is 11.8 Å². The first-order chi connectivity index (χ1) is 11.4. The molecule has 0 aromatic carbocycles. The lowest BCUT2D eigenvalue weighted by atomic mass is 10.1. The van der Waals surface area contributed by atoms with Gasteiger partial charge in [0, 0.05) is 17.8 Å². The van der Waals surface area contributed by atoms with Crippen molar-refractivity contribution >= 4 is 23.5 Å². The van der Waals surface area contributed by atoms with Gasteiger partial charge in [-0.25, -0.2) is 4.79 Å². The summed E-state index contributed by atoms with van der Waals surface area (Å²) in [5.74, 6) is -0.608. The number of pyridine rings is 1. The molecule has 0 spiro atoms. The van der Waals surface area contributed by atoms with Gasteiger partial charge in [-0.1, -0.05) is 0 Å². The van der Waals surface area contributed by atoms with Crippen molar-refractivity contribution in [3.63, 3.8) is 0 Å². The molecule has 0 saturated heterocycles. The van der Waals surface area contributed by atoms with E-state index in [-0.39, 0.29) is 12.4 Å². The minimum Gasteiger partial charge on any atom is -0.618 e. The number of hydrogen-bond donors (Lipinski definition) is 1. The Labute approximate surface area is 144 Å². The standard InChI is InChI=1S/C17H20N2O4S/c1-5-23-17(21)14-10(2)15(18-11(14)3)16(20)12(4)24-13-8-6-7-9-19(13)22/h6-9,12,18H,5H2,1-4H3/t12-/m1/s1. The van der Waals surface area contributed by atoms with E-state index in [2.05, 4.69) is 4.98 Å². The summed E-state index contributed by atoms with van der Waals surface area (Å²) in [6.07, 6.45) is 1.39. The van der Waals surface area contributed by atoms with Gasteiger partial charge >= 0.3 is 5.97 Å². The van der Waals surface area contributed by atoms with E-state index >= 15 is 0 Å². The molecule has 0 amide bonds. The van der Waals surface area contributed by atoms with Gasteiger partial charge in [0.15, 0.2) is 12.0 Å². The number of ketones is 1. The second-order valence-corrected chi connectivity index (χ2v) is 6.70. The number of esters is 1. The highest BCUT2D eigenvalue weighted by Crippen LogP contribution is 2.26. The quantitative estimate of drug-likeness (QED) is 0.285. The van der Waals surface area contributed by atoms with Crippen LogP contribution in [-0.2, 0) is 4.74 Å². The van der Waals surface area contributed by atoms with Crippen LogP contribution in [0.4, 0.5) is 0 Å². The van der Waals surface area contributed by atoms with Gasteiger partial charge < -0.3 is 14.9 Å². The van der Waals surface area contributed by atoms with Crippen LogP contribution in [0.3, 0.4) is 0 Å². The molecular weight excluding hydrogens is 328 g/mol. The summed E-state index contributed by atoms with van der Waals surface area (Å²) < 4.78 is 5.76. The van der Waals surface area contributed by atoms with E-state index in [9.17, 15) is 14.8 Å². The third-order valence-electron chi connectivity index (χ3n) is 3.62. The maximum atomic E-state index is 12.7. The number of nitrogens with zero attached hydrogens (tertiary/aromatic N) is 1. The Morgan fingerprint density at radius 1 is 1.38 bits per heavy atom. The number of carbonyl (C=O) groups is 2. The minimum atomic E-state index is -0.473. The smallest absolute Gasteiger partial charge is 0.340 e. The number of aryl methyl sites for hydroxylation is 1. The average molecular weight is 348 g/mol. The van der Waals surface area contributed by atoms with Crippen LogP contribution in [0.5, 0.6) is 0 Å². The minimum absolute atomic E-state index is 0.167. The topological polar surface area (TPSA) is 86.1 Å². The first kappa shape index (κ1) is 18.1. The molecule has 2 aromatic heterocycles. The lowest BCUT2D eigenvalue weighted by Gasteiger charge is -2.10. The fraction of sp³-hybridized carbons (Fsp3) is 0.353. The maximum absolute atomic E-state index is 12.7. The van der Waals surface area contributed by atoms with Crippen LogP contribution in [0.1, 0.15) is 46.0 Å². The molecule has 6 nitrogen and oxygen atoms in total. The fourth-order valence-corrected chi connectivity index (χ4v) is 3.36. The normalized spacial score (nSPS) is 12.0. The lowest BCUT2D eigenvalue weighted by Crippen LogP contribution is -2.29. The molecule has 2 heterocycles. The molecule has 0 fully saturated rings. The Balaban J connectivity index is 2.25. The highest BCUT2D eigenvalue weighted by Gasteiger charge is 2.27. The Morgan fingerprint density at radius 2 is 2.08 bits per heavy atom. The molecule has 0 radical (unpaired) electrons. The largest absolute Gasteiger partial charge is 0.618 e. The van der Waals surface area contributed by atoms with Crippen LogP contribution < -0.4 is 4.73 Å². The summed E-state index contributed by atoms with van der Waals surface area (Å²) in [7, 11) is 0. The fourth-order valence-electron chi connectivity index (χ4n) is 2.45. The van der Waals surface area contributed by atoms with Crippen LogP contribution in [0.2, 0.25) is 0 Å². The molecule has 0 aliphatic rings. The van der Waals surface area contributed by atoms with Crippen molar-refractivity contribution in [3.05, 3.63) is 52.1 Å². The summed E-state index contributed by atoms with van der Waals surface area (Å²) in [5.41, 5.74) is 1.96. The van der Waals surface area contributed by atoms with E-state index in [1.54, 1.807) is 45.9 Å². The zero-order valence-electron chi connectivity index (χ0n) is 14.1. The summed E-state index contributed by atoms with van der Waals surface area (Å²) in [6, 6.07) is 5.04. The molecule has 128 valence electrons. The van der Waals surface area contributed by atoms with Crippen LogP contribution in [0.25, 0.3) is 0 Å². The Morgan fingerprint density at radius 3 is 2.71 bits per heavy atom. The summed E-state index contributed by atoms with van der Waals surface area (Å²) in [4.78, 5) is 27.7. The number of nitrogens with one attached hydrogen (secondary N) is 1. The number of ether oxygens (including phenoxy) is 1. The molecule has 0 aliphatic carbocycles. The van der Waals surface area contributed by atoms with Gasteiger partial charge in [0.25, 0.3) is 5.03 Å². The predicted molar refractivity (Wildman–Crippen MR) is 91.3 cm³/mol. The van der Waals surface area contributed by atoms with Gasteiger partial charge in [0.05, 0.1) is 23.1 Å². The van der Waals surface area contributed by atoms with Gasteiger partial charge in [-0.05, 0) is 51.1 Å².